The highest BCUT2D eigenvalue weighted by Gasteiger charge is 2.20. The molecule has 19 heavy (non-hydrogen) atoms. The minimum absolute atomic E-state index is 0.0286. The topological polar surface area (TPSA) is 36.4 Å². The van der Waals surface area contributed by atoms with Crippen molar-refractivity contribution < 1.29 is 5.11 Å². The molecule has 2 heterocycles. The molecule has 0 amide bonds. The van der Waals surface area contributed by atoms with Crippen LogP contribution in [0.1, 0.15) is 23.1 Å². The van der Waals surface area contributed by atoms with Gasteiger partial charge in [0.2, 0.25) is 0 Å². The predicted octanol–water partition coefficient (Wildman–Crippen LogP) is 2.97. The maximum absolute atomic E-state index is 9.47. The Labute approximate surface area is 113 Å². The van der Waals surface area contributed by atoms with Crippen molar-refractivity contribution in [1.29, 1.82) is 0 Å². The highest BCUT2D eigenvalue weighted by Crippen LogP contribution is 2.35. The fourth-order valence-corrected chi connectivity index (χ4v) is 2.78. The first-order valence-corrected chi connectivity index (χ1v) is 6.70. The number of aryl methyl sites for hydroxylation is 2. The molecule has 3 rings (SSSR count). The van der Waals surface area contributed by atoms with Crippen LogP contribution < -0.4 is 4.90 Å². The van der Waals surface area contributed by atoms with Gasteiger partial charge in [-0.2, -0.15) is 0 Å². The number of aliphatic hydroxyl groups is 1. The summed E-state index contributed by atoms with van der Waals surface area (Å²) < 4.78 is 0. The summed E-state index contributed by atoms with van der Waals surface area (Å²) in [4.78, 5) is 6.39. The molecule has 0 bridgehead atoms. The van der Waals surface area contributed by atoms with Gasteiger partial charge in [-0.1, -0.05) is 17.7 Å². The molecule has 3 heteroatoms. The molecule has 3 nitrogen and oxygen atoms in total. The summed E-state index contributed by atoms with van der Waals surface area (Å²) in [6, 6.07) is 8.59. The van der Waals surface area contributed by atoms with Crippen molar-refractivity contribution in [3.8, 4) is 0 Å². The van der Waals surface area contributed by atoms with Crippen LogP contribution in [-0.4, -0.2) is 16.6 Å². The zero-order chi connectivity index (χ0) is 13.2. The van der Waals surface area contributed by atoms with Gasteiger partial charge < -0.3 is 10.0 Å². The molecule has 0 atom stereocenters. The molecule has 0 saturated heterocycles. The van der Waals surface area contributed by atoms with Crippen LogP contribution in [0.5, 0.6) is 0 Å². The van der Waals surface area contributed by atoms with E-state index in [-0.39, 0.29) is 6.61 Å². The average molecular weight is 254 g/mol. The van der Waals surface area contributed by atoms with Crippen molar-refractivity contribution in [2.45, 2.75) is 26.4 Å². The standard InChI is InChI=1S/C16H18N2O/c1-12-4-5-15-13(9-12)3-2-8-18(15)16-6-7-17-10-14(16)11-19/h4-7,9-10,19H,2-3,8,11H2,1H3. The predicted molar refractivity (Wildman–Crippen MR) is 76.7 cm³/mol. The second kappa shape index (κ2) is 5.02. The van der Waals surface area contributed by atoms with Crippen molar-refractivity contribution in [2.75, 3.05) is 11.4 Å². The van der Waals surface area contributed by atoms with Crippen molar-refractivity contribution >= 4 is 11.4 Å². The van der Waals surface area contributed by atoms with Gasteiger partial charge in [-0.05, 0) is 37.5 Å². The zero-order valence-electron chi connectivity index (χ0n) is 11.1. The molecular formula is C16H18N2O. The summed E-state index contributed by atoms with van der Waals surface area (Å²) in [5, 5.41) is 9.47. The van der Waals surface area contributed by atoms with E-state index in [0.717, 1.165) is 30.6 Å². The largest absolute Gasteiger partial charge is 0.392 e. The van der Waals surface area contributed by atoms with Crippen LogP contribution in [0.25, 0.3) is 0 Å². The number of fused-ring (bicyclic) bond motifs is 1. The number of hydrogen-bond donors (Lipinski definition) is 1. The molecule has 1 N–H and O–H groups in total. The molecular weight excluding hydrogens is 236 g/mol. The summed E-state index contributed by atoms with van der Waals surface area (Å²) in [6.07, 6.45) is 5.81. The number of pyridine rings is 1. The first-order valence-electron chi connectivity index (χ1n) is 6.70. The molecule has 2 aromatic rings. The summed E-state index contributed by atoms with van der Waals surface area (Å²) in [6.45, 7) is 3.15. The molecule has 1 aromatic carbocycles. The number of hydrogen-bond acceptors (Lipinski definition) is 3. The number of aliphatic hydroxyl groups excluding tert-OH is 1. The summed E-state index contributed by atoms with van der Waals surface area (Å²) >= 11 is 0. The Balaban J connectivity index is 2.08. The van der Waals surface area contributed by atoms with Gasteiger partial charge in [-0.3, -0.25) is 4.98 Å². The second-order valence-corrected chi connectivity index (χ2v) is 5.05. The molecule has 0 spiro atoms. The monoisotopic (exact) mass is 254 g/mol. The van der Waals surface area contributed by atoms with Gasteiger partial charge >= 0.3 is 0 Å². The summed E-state index contributed by atoms with van der Waals surface area (Å²) in [7, 11) is 0. The highest BCUT2D eigenvalue weighted by atomic mass is 16.3. The maximum Gasteiger partial charge on any atom is 0.0717 e. The van der Waals surface area contributed by atoms with E-state index in [1.165, 1.54) is 16.8 Å². The van der Waals surface area contributed by atoms with Gasteiger partial charge in [0, 0.05) is 35.9 Å². The first-order chi connectivity index (χ1) is 9.29. The molecule has 98 valence electrons. The lowest BCUT2D eigenvalue weighted by Crippen LogP contribution is -2.25. The van der Waals surface area contributed by atoms with Crippen LogP contribution in [0.4, 0.5) is 11.4 Å². The Kier molecular flexibility index (Phi) is 3.22. The van der Waals surface area contributed by atoms with E-state index in [2.05, 4.69) is 35.0 Å². The summed E-state index contributed by atoms with van der Waals surface area (Å²) in [5.74, 6) is 0. The van der Waals surface area contributed by atoms with E-state index in [9.17, 15) is 5.11 Å². The van der Waals surface area contributed by atoms with E-state index in [0.29, 0.717) is 0 Å². The third kappa shape index (κ3) is 2.22. The van der Waals surface area contributed by atoms with Crippen molar-refractivity contribution in [3.63, 3.8) is 0 Å². The normalized spacial score (nSPS) is 14.3. The summed E-state index contributed by atoms with van der Waals surface area (Å²) in [5.41, 5.74) is 5.92. The molecule has 0 saturated carbocycles. The van der Waals surface area contributed by atoms with E-state index < -0.39 is 0 Å². The molecule has 0 unspecified atom stereocenters. The minimum atomic E-state index is 0.0286. The number of nitrogens with zero attached hydrogens (tertiary/aromatic N) is 2. The first kappa shape index (κ1) is 12.2. The lowest BCUT2D eigenvalue weighted by Gasteiger charge is -2.32. The quantitative estimate of drug-likeness (QED) is 0.895. The van der Waals surface area contributed by atoms with Crippen LogP contribution in [0, 0.1) is 6.92 Å². The van der Waals surface area contributed by atoms with Crippen LogP contribution in [0.3, 0.4) is 0 Å². The van der Waals surface area contributed by atoms with Gasteiger partial charge in [0.25, 0.3) is 0 Å². The van der Waals surface area contributed by atoms with Crippen molar-refractivity contribution in [1.82, 2.24) is 4.98 Å². The van der Waals surface area contributed by atoms with Gasteiger partial charge in [0.05, 0.1) is 6.61 Å². The van der Waals surface area contributed by atoms with E-state index in [4.69, 9.17) is 0 Å². The minimum Gasteiger partial charge on any atom is -0.392 e. The van der Waals surface area contributed by atoms with Crippen LogP contribution >= 0.6 is 0 Å². The fourth-order valence-electron chi connectivity index (χ4n) is 2.78. The average Bonchev–Trinajstić information content (AvgIpc) is 2.46. The molecule has 1 aromatic heterocycles. The zero-order valence-corrected chi connectivity index (χ0v) is 11.1. The van der Waals surface area contributed by atoms with Crippen LogP contribution in [0.15, 0.2) is 36.7 Å². The number of benzene rings is 1. The Morgan fingerprint density at radius 2 is 2.16 bits per heavy atom. The van der Waals surface area contributed by atoms with Gasteiger partial charge in [0.15, 0.2) is 0 Å². The van der Waals surface area contributed by atoms with Gasteiger partial charge in [0.1, 0.15) is 0 Å². The van der Waals surface area contributed by atoms with E-state index in [1.807, 2.05) is 6.07 Å². The molecule has 0 radical (unpaired) electrons. The second-order valence-electron chi connectivity index (χ2n) is 5.05. The van der Waals surface area contributed by atoms with Gasteiger partial charge in [-0.25, -0.2) is 0 Å². The third-order valence-corrected chi connectivity index (χ3v) is 3.69. The van der Waals surface area contributed by atoms with Gasteiger partial charge in [-0.15, -0.1) is 0 Å². The number of rotatable bonds is 2. The van der Waals surface area contributed by atoms with E-state index in [1.54, 1.807) is 12.4 Å². The Bertz CT molecular complexity index is 595. The third-order valence-electron chi connectivity index (χ3n) is 3.69. The Morgan fingerprint density at radius 3 is 3.00 bits per heavy atom. The Morgan fingerprint density at radius 1 is 1.26 bits per heavy atom. The maximum atomic E-state index is 9.47. The number of aromatic nitrogens is 1. The lowest BCUT2D eigenvalue weighted by molar-refractivity contribution is 0.281. The molecule has 1 aliphatic rings. The van der Waals surface area contributed by atoms with Crippen LogP contribution in [0.2, 0.25) is 0 Å². The SMILES string of the molecule is Cc1ccc2c(c1)CCCN2c1ccncc1CO. The van der Waals surface area contributed by atoms with Crippen molar-refractivity contribution in [3.05, 3.63) is 53.3 Å². The lowest BCUT2D eigenvalue weighted by atomic mass is 9.98. The highest BCUT2D eigenvalue weighted by molar-refractivity contribution is 5.70. The Hall–Kier alpha value is -1.87. The molecule has 0 aliphatic carbocycles. The van der Waals surface area contributed by atoms with E-state index >= 15 is 0 Å². The van der Waals surface area contributed by atoms with Crippen LogP contribution in [-0.2, 0) is 13.0 Å². The molecule has 0 fully saturated rings. The smallest absolute Gasteiger partial charge is 0.0717 e. The fraction of sp³-hybridized carbons (Fsp3) is 0.312. The number of anilines is 2. The molecule has 1 aliphatic heterocycles. The van der Waals surface area contributed by atoms with Crippen molar-refractivity contribution in [2.24, 2.45) is 0 Å².